The van der Waals surface area contributed by atoms with Crippen molar-refractivity contribution in [2.45, 2.75) is 96.9 Å². The van der Waals surface area contributed by atoms with Gasteiger partial charge in [0.15, 0.2) is 0 Å². The fraction of sp³-hybridized carbons (Fsp3) is 0.688. The van der Waals surface area contributed by atoms with E-state index >= 15 is 0 Å². The Morgan fingerprint density at radius 1 is 0.972 bits per heavy atom. The maximum atomic E-state index is 11.1. The maximum Gasteiger partial charge on any atom is 0.303 e. The summed E-state index contributed by atoms with van der Waals surface area (Å²) in [6.45, 7) is 5.24. The summed E-state index contributed by atoms with van der Waals surface area (Å²) in [6, 6.07) is 13.3. The van der Waals surface area contributed by atoms with Gasteiger partial charge in [-0.1, -0.05) is 32.0 Å². The molecule has 8 atom stereocenters. The Hall–Kier alpha value is -2.10. The smallest absolute Gasteiger partial charge is 0.303 e. The van der Waals surface area contributed by atoms with E-state index in [-0.39, 0.29) is 0 Å². The van der Waals surface area contributed by atoms with Gasteiger partial charge in [0.25, 0.3) is 0 Å². The first-order valence-corrected chi connectivity index (χ1v) is 14.7. The number of benzene rings is 1. The average Bonchev–Trinajstić information content (AvgIpc) is 3.20. The summed E-state index contributed by atoms with van der Waals surface area (Å²) in [5.74, 6) is 4.59. The van der Waals surface area contributed by atoms with Crippen molar-refractivity contribution in [3.63, 3.8) is 0 Å². The molecule has 0 spiro atoms. The van der Waals surface area contributed by atoms with Crippen LogP contribution in [0.3, 0.4) is 0 Å². The molecule has 1 aromatic heterocycles. The van der Waals surface area contributed by atoms with Gasteiger partial charge >= 0.3 is 5.97 Å². The van der Waals surface area contributed by atoms with Gasteiger partial charge in [-0.3, -0.25) is 4.79 Å². The van der Waals surface area contributed by atoms with Crippen LogP contribution in [0.2, 0.25) is 0 Å². The Kier molecular flexibility index (Phi) is 6.29. The first-order chi connectivity index (χ1) is 17.4. The Balaban J connectivity index is 1.12. The third-order valence-electron chi connectivity index (χ3n) is 11.8. The van der Waals surface area contributed by atoms with Gasteiger partial charge < -0.3 is 10.4 Å². The molecule has 2 N–H and O–H groups in total. The van der Waals surface area contributed by atoms with Gasteiger partial charge in [-0.15, -0.1) is 0 Å². The van der Waals surface area contributed by atoms with Crippen molar-refractivity contribution in [2.24, 2.45) is 40.4 Å². The molecule has 0 aliphatic heterocycles. The van der Waals surface area contributed by atoms with Crippen LogP contribution in [0.15, 0.2) is 36.4 Å². The van der Waals surface area contributed by atoms with Crippen LogP contribution in [0.4, 0.5) is 5.82 Å². The Labute approximate surface area is 216 Å². The number of anilines is 1. The van der Waals surface area contributed by atoms with Crippen LogP contribution in [0, 0.1) is 40.4 Å². The number of para-hydroxylation sites is 1. The fourth-order valence-electron chi connectivity index (χ4n) is 9.83. The summed E-state index contributed by atoms with van der Waals surface area (Å²) in [7, 11) is 0. The van der Waals surface area contributed by atoms with Gasteiger partial charge in [0.1, 0.15) is 5.82 Å². The van der Waals surface area contributed by atoms with Gasteiger partial charge in [-0.2, -0.15) is 0 Å². The predicted molar refractivity (Wildman–Crippen MR) is 146 cm³/mol. The SMILES string of the molecule is CC12CCC3C(CCC4C[C@H](Nc5ccc6ccccc6n5)CCC43C)C1CCC2CCCC(=O)O. The lowest BCUT2D eigenvalue weighted by molar-refractivity contribution is -0.137. The highest BCUT2D eigenvalue weighted by atomic mass is 16.4. The van der Waals surface area contributed by atoms with Crippen LogP contribution in [0.5, 0.6) is 0 Å². The molecular weight excluding hydrogens is 444 g/mol. The van der Waals surface area contributed by atoms with Crippen LogP contribution >= 0.6 is 0 Å². The highest BCUT2D eigenvalue weighted by molar-refractivity contribution is 5.80. The number of hydrogen-bond donors (Lipinski definition) is 2. The van der Waals surface area contributed by atoms with E-state index in [4.69, 9.17) is 10.1 Å². The number of rotatable bonds is 6. The second-order valence-electron chi connectivity index (χ2n) is 13.3. The lowest BCUT2D eigenvalue weighted by atomic mass is 9.44. The van der Waals surface area contributed by atoms with Gasteiger partial charge in [-0.25, -0.2) is 4.98 Å². The van der Waals surface area contributed by atoms with Crippen LogP contribution in [0.1, 0.15) is 90.9 Å². The van der Waals surface area contributed by atoms with E-state index in [2.05, 4.69) is 55.6 Å². The summed E-state index contributed by atoms with van der Waals surface area (Å²) < 4.78 is 0. The number of aromatic nitrogens is 1. The van der Waals surface area contributed by atoms with Crippen molar-refractivity contribution < 1.29 is 9.90 Å². The topological polar surface area (TPSA) is 62.2 Å². The van der Waals surface area contributed by atoms with E-state index in [1.54, 1.807) is 0 Å². The molecule has 194 valence electrons. The third kappa shape index (κ3) is 4.13. The van der Waals surface area contributed by atoms with Crippen LogP contribution in [-0.4, -0.2) is 22.1 Å². The first kappa shape index (κ1) is 24.2. The van der Waals surface area contributed by atoms with E-state index in [1.165, 1.54) is 63.2 Å². The molecule has 0 radical (unpaired) electrons. The van der Waals surface area contributed by atoms with Crippen molar-refractivity contribution in [1.29, 1.82) is 0 Å². The lowest BCUT2D eigenvalue weighted by Gasteiger charge is -2.61. The maximum absolute atomic E-state index is 11.1. The Morgan fingerprint density at radius 3 is 2.64 bits per heavy atom. The average molecular weight is 489 g/mol. The highest BCUT2D eigenvalue weighted by Gasteiger charge is 2.59. The number of nitrogens with zero attached hydrogens (tertiary/aromatic N) is 1. The van der Waals surface area contributed by atoms with E-state index in [9.17, 15) is 4.79 Å². The Morgan fingerprint density at radius 2 is 1.78 bits per heavy atom. The Bertz CT molecular complexity index is 1120. The largest absolute Gasteiger partial charge is 0.481 e. The normalized spacial score (nSPS) is 39.7. The number of carboxylic acid groups (broad SMARTS) is 1. The molecule has 2 aromatic rings. The number of carbonyl (C=O) groups is 1. The van der Waals surface area contributed by atoms with E-state index in [1.807, 2.05) is 0 Å². The van der Waals surface area contributed by atoms with E-state index in [0.717, 1.165) is 53.8 Å². The van der Waals surface area contributed by atoms with Crippen molar-refractivity contribution in [1.82, 2.24) is 4.98 Å². The quantitative estimate of drug-likeness (QED) is 0.433. The van der Waals surface area contributed by atoms with E-state index in [0.29, 0.717) is 23.3 Å². The van der Waals surface area contributed by atoms with Crippen molar-refractivity contribution in [3.05, 3.63) is 36.4 Å². The number of pyridine rings is 1. The van der Waals surface area contributed by atoms with E-state index < -0.39 is 5.97 Å². The molecule has 4 saturated carbocycles. The molecule has 7 unspecified atom stereocenters. The van der Waals surface area contributed by atoms with Gasteiger partial charge in [-0.05, 0) is 129 Å². The first-order valence-electron chi connectivity index (χ1n) is 14.7. The minimum Gasteiger partial charge on any atom is -0.481 e. The van der Waals surface area contributed by atoms with Crippen LogP contribution in [-0.2, 0) is 4.79 Å². The molecule has 4 fully saturated rings. The molecule has 4 aliphatic carbocycles. The minimum atomic E-state index is -0.633. The van der Waals surface area contributed by atoms with Crippen molar-refractivity contribution in [3.8, 4) is 0 Å². The molecule has 36 heavy (non-hydrogen) atoms. The van der Waals surface area contributed by atoms with Gasteiger partial charge in [0.05, 0.1) is 5.52 Å². The zero-order valence-corrected chi connectivity index (χ0v) is 22.2. The molecule has 4 heteroatoms. The second-order valence-corrected chi connectivity index (χ2v) is 13.3. The number of hydrogen-bond acceptors (Lipinski definition) is 3. The molecule has 0 amide bonds. The van der Waals surface area contributed by atoms with Crippen molar-refractivity contribution in [2.75, 3.05) is 5.32 Å². The number of carboxylic acids is 1. The summed E-state index contributed by atoms with van der Waals surface area (Å²) in [6.07, 6.45) is 14.5. The minimum absolute atomic E-state index is 0.340. The number of nitrogens with one attached hydrogen (secondary N) is 1. The van der Waals surface area contributed by atoms with Gasteiger partial charge in [0.2, 0.25) is 0 Å². The molecule has 1 heterocycles. The monoisotopic (exact) mass is 488 g/mol. The zero-order valence-electron chi connectivity index (χ0n) is 22.2. The summed E-state index contributed by atoms with van der Waals surface area (Å²) >= 11 is 0. The second kappa shape index (κ2) is 9.33. The molecular formula is C32H44N2O2. The number of fused-ring (bicyclic) bond motifs is 6. The van der Waals surface area contributed by atoms with Crippen LogP contribution in [0.25, 0.3) is 10.9 Å². The highest BCUT2D eigenvalue weighted by Crippen LogP contribution is 2.68. The lowest BCUT2D eigenvalue weighted by Crippen LogP contribution is -2.54. The fourth-order valence-corrected chi connectivity index (χ4v) is 9.83. The third-order valence-corrected chi connectivity index (χ3v) is 11.8. The predicted octanol–water partition coefficient (Wildman–Crippen LogP) is 7.93. The van der Waals surface area contributed by atoms with Crippen LogP contribution < -0.4 is 5.32 Å². The summed E-state index contributed by atoms with van der Waals surface area (Å²) in [5, 5.41) is 14.1. The number of aliphatic carboxylic acids is 1. The molecule has 1 aromatic carbocycles. The molecule has 0 bridgehead atoms. The zero-order chi connectivity index (χ0) is 24.9. The summed E-state index contributed by atoms with van der Waals surface area (Å²) in [4.78, 5) is 16.0. The molecule has 4 aliphatic rings. The summed E-state index contributed by atoms with van der Waals surface area (Å²) in [5.41, 5.74) is 2.01. The molecule has 4 nitrogen and oxygen atoms in total. The standard InChI is InChI=1S/C32H44N2O2/c1-31-19-17-27-25(26(31)14-12-22(31)7-5-9-30(35)36)13-11-23-20-24(16-18-32(23,27)2)33-29-15-10-21-6-3-4-8-28(21)34-29/h3-4,6,8,10,15,22-27H,5,7,9,11-14,16-20H2,1-2H3,(H,33,34)(H,35,36)/t22?,23?,24-,25?,26?,27?,31?,32?/m1/s1. The molecule has 6 rings (SSSR count). The van der Waals surface area contributed by atoms with Gasteiger partial charge in [0, 0.05) is 17.8 Å². The molecule has 0 saturated heterocycles. The van der Waals surface area contributed by atoms with Crippen molar-refractivity contribution >= 4 is 22.7 Å².